The van der Waals surface area contributed by atoms with Crippen molar-refractivity contribution in [2.45, 2.75) is 30.6 Å². The monoisotopic (exact) mass is 469 g/mol. The van der Waals surface area contributed by atoms with E-state index in [-0.39, 0.29) is 24.8 Å². The van der Waals surface area contributed by atoms with Crippen molar-refractivity contribution >= 4 is 17.3 Å². The number of alkyl halides is 3. The van der Waals surface area contributed by atoms with Crippen molar-refractivity contribution in [1.29, 1.82) is 0 Å². The molecular formula is C25H22F3N3O3. The number of halogens is 3. The van der Waals surface area contributed by atoms with E-state index in [1.54, 1.807) is 12.1 Å². The Balaban J connectivity index is 1.35. The molecular weight excluding hydrogens is 447 g/mol. The first-order valence-corrected chi connectivity index (χ1v) is 11.2. The molecule has 1 saturated heterocycles. The van der Waals surface area contributed by atoms with Crippen molar-refractivity contribution in [1.82, 2.24) is 5.32 Å². The van der Waals surface area contributed by atoms with Crippen LogP contribution in [0.2, 0.25) is 0 Å². The zero-order valence-electron chi connectivity index (χ0n) is 18.1. The normalized spacial score (nSPS) is 23.3. The molecule has 34 heavy (non-hydrogen) atoms. The van der Waals surface area contributed by atoms with E-state index in [9.17, 15) is 18.0 Å². The molecule has 1 aromatic heterocycles. The smallest absolute Gasteiger partial charge is 0.449 e. The maximum Gasteiger partial charge on any atom is 0.449 e. The number of nitrogens with zero attached hydrogens (tertiary/aromatic N) is 1. The van der Waals surface area contributed by atoms with E-state index in [1.165, 1.54) is 11.0 Å². The summed E-state index contributed by atoms with van der Waals surface area (Å²) < 4.78 is 50.0. The molecule has 3 aliphatic heterocycles. The number of para-hydroxylation sites is 1. The van der Waals surface area contributed by atoms with Gasteiger partial charge in [-0.3, -0.25) is 4.79 Å². The van der Waals surface area contributed by atoms with Gasteiger partial charge in [0.15, 0.2) is 0 Å². The van der Waals surface area contributed by atoms with Gasteiger partial charge in [0, 0.05) is 35.6 Å². The van der Waals surface area contributed by atoms with Crippen LogP contribution in [-0.2, 0) is 22.9 Å². The number of furan rings is 1. The van der Waals surface area contributed by atoms with Gasteiger partial charge < -0.3 is 24.7 Å². The van der Waals surface area contributed by atoms with Crippen LogP contribution in [0.15, 0.2) is 59.0 Å². The number of amides is 1. The van der Waals surface area contributed by atoms with Gasteiger partial charge in [0.2, 0.25) is 11.7 Å². The Morgan fingerprint density at radius 3 is 2.74 bits per heavy atom. The van der Waals surface area contributed by atoms with E-state index in [4.69, 9.17) is 9.15 Å². The number of nitrogens with one attached hydrogen (secondary N) is 2. The summed E-state index contributed by atoms with van der Waals surface area (Å²) in [4.78, 5) is 15.4. The molecule has 2 atom stereocenters. The molecule has 2 N–H and O–H groups in total. The number of benzene rings is 2. The highest BCUT2D eigenvalue weighted by Gasteiger charge is 2.57. The molecule has 2 aromatic carbocycles. The zero-order chi connectivity index (χ0) is 23.5. The minimum atomic E-state index is -4.58. The van der Waals surface area contributed by atoms with Crippen molar-refractivity contribution in [2.75, 3.05) is 29.9 Å². The summed E-state index contributed by atoms with van der Waals surface area (Å²) >= 11 is 0. The Kier molecular flexibility index (Phi) is 4.67. The van der Waals surface area contributed by atoms with Gasteiger partial charge in [-0.25, -0.2) is 0 Å². The molecule has 4 heterocycles. The van der Waals surface area contributed by atoms with Gasteiger partial charge in [0.05, 0.1) is 6.54 Å². The maximum absolute atomic E-state index is 13.9. The number of carbonyl (C=O) groups excluding carboxylic acids is 1. The lowest BCUT2D eigenvalue weighted by atomic mass is 9.77. The maximum atomic E-state index is 13.9. The molecule has 176 valence electrons. The predicted molar refractivity (Wildman–Crippen MR) is 119 cm³/mol. The summed E-state index contributed by atoms with van der Waals surface area (Å²) in [5, 5.41) is 6.82. The molecule has 3 aliphatic rings. The highest BCUT2D eigenvalue weighted by molar-refractivity contribution is 6.11. The van der Waals surface area contributed by atoms with Crippen LogP contribution >= 0.6 is 0 Å². The quantitative estimate of drug-likeness (QED) is 0.597. The van der Waals surface area contributed by atoms with Gasteiger partial charge in [-0.15, -0.1) is 0 Å². The fourth-order valence-electron chi connectivity index (χ4n) is 5.21. The van der Waals surface area contributed by atoms with Gasteiger partial charge in [0.25, 0.3) is 0 Å². The largest absolute Gasteiger partial charge is 0.491 e. The summed E-state index contributed by atoms with van der Waals surface area (Å²) in [5.41, 5.74) is 2.07. The second-order valence-electron chi connectivity index (χ2n) is 8.91. The lowest BCUT2D eigenvalue weighted by Gasteiger charge is -2.23. The average Bonchev–Trinajstić information content (AvgIpc) is 3.59. The summed E-state index contributed by atoms with van der Waals surface area (Å²) in [6.45, 7) is 1.90. The molecule has 0 radical (unpaired) electrons. The van der Waals surface area contributed by atoms with Gasteiger partial charge in [-0.05, 0) is 42.8 Å². The lowest BCUT2D eigenvalue weighted by molar-refractivity contribution is -0.153. The minimum Gasteiger partial charge on any atom is -0.491 e. The van der Waals surface area contributed by atoms with Crippen molar-refractivity contribution in [3.63, 3.8) is 0 Å². The first kappa shape index (κ1) is 21.1. The van der Waals surface area contributed by atoms with Crippen LogP contribution in [0.5, 0.6) is 5.75 Å². The van der Waals surface area contributed by atoms with E-state index in [2.05, 4.69) is 10.6 Å². The molecule has 3 aromatic rings. The molecule has 0 saturated carbocycles. The Labute approximate surface area is 193 Å². The van der Waals surface area contributed by atoms with Crippen molar-refractivity contribution in [3.8, 4) is 5.75 Å². The van der Waals surface area contributed by atoms with Crippen LogP contribution in [-0.4, -0.2) is 31.6 Å². The van der Waals surface area contributed by atoms with Gasteiger partial charge >= 0.3 is 6.18 Å². The standard InChI is InChI=1S/C25H22F3N3O3/c26-25(27,28)22-8-6-17(34-22)13-31-20-4-2-1-3-18(20)24(23(31)32)14-33-21-11-15(5-7-19(21)24)30-16-9-10-29-12-16/h1-8,11,16,29-30H,9-10,12-14H2. The Morgan fingerprint density at radius 2 is 1.97 bits per heavy atom. The molecule has 9 heteroatoms. The van der Waals surface area contributed by atoms with Crippen LogP contribution in [0.1, 0.15) is 29.1 Å². The second-order valence-corrected chi connectivity index (χ2v) is 8.91. The van der Waals surface area contributed by atoms with Crippen molar-refractivity contribution in [3.05, 3.63) is 77.2 Å². The van der Waals surface area contributed by atoms with E-state index >= 15 is 0 Å². The van der Waals surface area contributed by atoms with Gasteiger partial charge in [-0.2, -0.15) is 13.2 Å². The fraction of sp³-hybridized carbons (Fsp3) is 0.320. The van der Waals surface area contributed by atoms with Crippen LogP contribution in [0.25, 0.3) is 0 Å². The lowest BCUT2D eigenvalue weighted by Crippen LogP contribution is -2.42. The van der Waals surface area contributed by atoms with Gasteiger partial charge in [-0.1, -0.05) is 24.3 Å². The highest BCUT2D eigenvalue weighted by atomic mass is 19.4. The number of carbonyl (C=O) groups is 1. The molecule has 0 aliphatic carbocycles. The number of fused-ring (bicyclic) bond motifs is 4. The first-order valence-electron chi connectivity index (χ1n) is 11.2. The number of anilines is 2. The van der Waals surface area contributed by atoms with E-state index in [0.29, 0.717) is 17.5 Å². The SMILES string of the molecule is O=C1N(Cc2ccc(C(F)(F)F)o2)c2ccccc2C12COc1cc(NC3CCNC3)ccc12. The average molecular weight is 469 g/mol. The molecule has 1 fully saturated rings. The Hall–Kier alpha value is -3.46. The number of rotatable bonds is 4. The molecule has 6 rings (SSSR count). The number of ether oxygens (including phenoxy) is 1. The van der Waals surface area contributed by atoms with E-state index < -0.39 is 17.4 Å². The molecule has 2 unspecified atom stereocenters. The number of hydrogen-bond acceptors (Lipinski definition) is 5. The summed E-state index contributed by atoms with van der Waals surface area (Å²) in [6.07, 6.45) is -3.55. The third-order valence-electron chi connectivity index (χ3n) is 6.84. The van der Waals surface area contributed by atoms with Crippen molar-refractivity contribution in [2.24, 2.45) is 0 Å². The van der Waals surface area contributed by atoms with E-state index in [0.717, 1.165) is 42.4 Å². The topological polar surface area (TPSA) is 66.7 Å². The van der Waals surface area contributed by atoms with Crippen molar-refractivity contribution < 1.29 is 27.1 Å². The molecule has 1 spiro atoms. The first-order chi connectivity index (χ1) is 16.4. The van der Waals surface area contributed by atoms with Crippen LogP contribution in [0.4, 0.5) is 24.5 Å². The molecule has 0 bridgehead atoms. The van der Waals surface area contributed by atoms with Crippen LogP contribution < -0.4 is 20.3 Å². The summed E-state index contributed by atoms with van der Waals surface area (Å²) in [5.74, 6) is -0.614. The van der Waals surface area contributed by atoms with Gasteiger partial charge in [0.1, 0.15) is 23.5 Å². The third kappa shape index (κ3) is 3.18. The predicted octanol–water partition coefficient (Wildman–Crippen LogP) is 4.30. The minimum absolute atomic E-state index is 0.0661. The second kappa shape index (κ2) is 7.53. The number of hydrogen-bond donors (Lipinski definition) is 2. The van der Waals surface area contributed by atoms with Crippen LogP contribution in [0, 0.1) is 0 Å². The molecule has 6 nitrogen and oxygen atoms in total. The third-order valence-corrected chi connectivity index (χ3v) is 6.84. The summed E-state index contributed by atoms with van der Waals surface area (Å²) in [7, 11) is 0. The molecule has 1 amide bonds. The highest BCUT2D eigenvalue weighted by Crippen LogP contribution is 2.53. The Morgan fingerprint density at radius 1 is 1.12 bits per heavy atom. The zero-order valence-corrected chi connectivity index (χ0v) is 18.1. The van der Waals surface area contributed by atoms with E-state index in [1.807, 2.05) is 30.3 Å². The fourth-order valence-corrected chi connectivity index (χ4v) is 5.21. The van der Waals surface area contributed by atoms with Crippen LogP contribution in [0.3, 0.4) is 0 Å². The summed E-state index contributed by atoms with van der Waals surface area (Å²) in [6, 6.07) is 15.6. The Bertz CT molecular complexity index is 1270.